The lowest BCUT2D eigenvalue weighted by Gasteiger charge is -2.26. The van der Waals surface area contributed by atoms with Crippen molar-refractivity contribution >= 4 is 0 Å². The average molecular weight is 325 g/mol. The molecule has 2 aromatic carbocycles. The molecule has 24 heavy (non-hydrogen) atoms. The van der Waals surface area contributed by atoms with Gasteiger partial charge < -0.3 is 15.2 Å². The van der Waals surface area contributed by atoms with Crippen molar-refractivity contribution in [1.29, 1.82) is 0 Å². The van der Waals surface area contributed by atoms with E-state index >= 15 is 0 Å². The number of aliphatic hydroxyl groups is 1. The van der Waals surface area contributed by atoms with Crippen molar-refractivity contribution in [1.82, 2.24) is 5.32 Å². The summed E-state index contributed by atoms with van der Waals surface area (Å²) in [5.74, 6) is 0.624. The molecule has 2 N–H and O–H groups in total. The van der Waals surface area contributed by atoms with Crippen LogP contribution in [0.4, 0.5) is 0 Å². The van der Waals surface area contributed by atoms with Crippen LogP contribution in [-0.2, 0) is 11.3 Å². The first kappa shape index (κ1) is 17.2. The molecule has 1 aliphatic heterocycles. The number of ether oxygens (including phenoxy) is 1. The highest BCUT2D eigenvalue weighted by Crippen LogP contribution is 2.29. The predicted molar refractivity (Wildman–Crippen MR) is 96.6 cm³/mol. The first-order chi connectivity index (χ1) is 11.8. The van der Waals surface area contributed by atoms with Crippen LogP contribution in [-0.4, -0.2) is 18.3 Å². The summed E-state index contributed by atoms with van der Waals surface area (Å²) in [4.78, 5) is 0. The Bertz CT molecular complexity index is 623. The molecule has 0 saturated carbocycles. The van der Waals surface area contributed by atoms with Crippen LogP contribution in [0.2, 0.25) is 0 Å². The third kappa shape index (κ3) is 4.44. The zero-order chi connectivity index (χ0) is 16.8. The quantitative estimate of drug-likeness (QED) is 0.808. The smallest absolute Gasteiger partial charge is 0.0681 e. The number of benzene rings is 2. The van der Waals surface area contributed by atoms with Crippen molar-refractivity contribution in [2.24, 2.45) is 5.92 Å². The van der Waals surface area contributed by atoms with Gasteiger partial charge in [-0.1, -0.05) is 54.6 Å². The monoisotopic (exact) mass is 325 g/mol. The fourth-order valence-corrected chi connectivity index (χ4v) is 3.45. The Kier molecular flexibility index (Phi) is 6.02. The van der Waals surface area contributed by atoms with Gasteiger partial charge in [0.1, 0.15) is 0 Å². The van der Waals surface area contributed by atoms with Gasteiger partial charge in [-0.3, -0.25) is 0 Å². The zero-order valence-electron chi connectivity index (χ0n) is 14.3. The molecule has 3 unspecified atom stereocenters. The molecule has 2 aromatic rings. The highest BCUT2D eigenvalue weighted by Gasteiger charge is 2.23. The molecule has 1 fully saturated rings. The normalized spacial score (nSPS) is 20.0. The molecule has 0 spiro atoms. The minimum absolute atomic E-state index is 0.0854. The Morgan fingerprint density at radius 3 is 2.62 bits per heavy atom. The molecule has 1 heterocycles. The molecule has 0 bridgehead atoms. The second-order valence-corrected chi connectivity index (χ2v) is 6.72. The molecule has 3 nitrogen and oxygen atoms in total. The zero-order valence-corrected chi connectivity index (χ0v) is 14.3. The number of nitrogens with one attached hydrogen (secondary N) is 1. The number of aliphatic hydroxyl groups excluding tert-OH is 1. The SMILES string of the molecule is CC(NC(CC1CCOC1)c1ccccc1)c1cccc(CO)c1. The van der Waals surface area contributed by atoms with Gasteiger partial charge in [0.2, 0.25) is 0 Å². The molecule has 0 radical (unpaired) electrons. The van der Waals surface area contributed by atoms with Crippen molar-refractivity contribution in [2.75, 3.05) is 13.2 Å². The molecule has 0 aliphatic carbocycles. The van der Waals surface area contributed by atoms with Crippen LogP contribution in [0.3, 0.4) is 0 Å². The maximum absolute atomic E-state index is 9.36. The summed E-state index contributed by atoms with van der Waals surface area (Å²) in [6.45, 7) is 4.04. The Morgan fingerprint density at radius 2 is 1.92 bits per heavy atom. The Labute approximate surface area is 144 Å². The van der Waals surface area contributed by atoms with E-state index in [1.165, 1.54) is 11.1 Å². The topological polar surface area (TPSA) is 41.5 Å². The lowest BCUT2D eigenvalue weighted by atomic mass is 9.93. The second kappa shape index (κ2) is 8.43. The molecule has 1 saturated heterocycles. The molecule has 0 aromatic heterocycles. The van der Waals surface area contributed by atoms with Crippen molar-refractivity contribution in [3.05, 3.63) is 71.3 Å². The summed E-state index contributed by atoms with van der Waals surface area (Å²) in [7, 11) is 0. The number of rotatable bonds is 7. The Morgan fingerprint density at radius 1 is 1.12 bits per heavy atom. The number of hydrogen-bond acceptors (Lipinski definition) is 3. The van der Waals surface area contributed by atoms with Gasteiger partial charge in [0.15, 0.2) is 0 Å². The average Bonchev–Trinajstić information content (AvgIpc) is 3.15. The Hall–Kier alpha value is -1.68. The van der Waals surface area contributed by atoms with Crippen LogP contribution in [0.1, 0.15) is 48.5 Å². The van der Waals surface area contributed by atoms with E-state index in [0.29, 0.717) is 12.0 Å². The van der Waals surface area contributed by atoms with Gasteiger partial charge in [-0.05, 0) is 42.4 Å². The van der Waals surface area contributed by atoms with Crippen LogP contribution in [0.15, 0.2) is 54.6 Å². The van der Waals surface area contributed by atoms with Gasteiger partial charge in [-0.25, -0.2) is 0 Å². The van der Waals surface area contributed by atoms with Crippen molar-refractivity contribution in [3.8, 4) is 0 Å². The van der Waals surface area contributed by atoms with E-state index in [1.54, 1.807) is 0 Å². The van der Waals surface area contributed by atoms with Gasteiger partial charge in [0, 0.05) is 25.3 Å². The van der Waals surface area contributed by atoms with Crippen molar-refractivity contribution in [3.63, 3.8) is 0 Å². The van der Waals surface area contributed by atoms with Crippen LogP contribution in [0.25, 0.3) is 0 Å². The van der Waals surface area contributed by atoms with Gasteiger partial charge in [0.25, 0.3) is 0 Å². The molecule has 128 valence electrons. The van der Waals surface area contributed by atoms with E-state index < -0.39 is 0 Å². The fraction of sp³-hybridized carbons (Fsp3) is 0.429. The van der Waals surface area contributed by atoms with Crippen LogP contribution in [0, 0.1) is 5.92 Å². The van der Waals surface area contributed by atoms with E-state index in [9.17, 15) is 5.11 Å². The molecule has 1 aliphatic rings. The summed E-state index contributed by atoms with van der Waals surface area (Å²) >= 11 is 0. The van der Waals surface area contributed by atoms with E-state index in [-0.39, 0.29) is 12.6 Å². The minimum atomic E-state index is 0.0854. The van der Waals surface area contributed by atoms with E-state index in [2.05, 4.69) is 54.7 Å². The third-order valence-electron chi connectivity index (χ3n) is 4.88. The molecule has 3 heteroatoms. The van der Waals surface area contributed by atoms with Crippen LogP contribution in [0.5, 0.6) is 0 Å². The minimum Gasteiger partial charge on any atom is -0.392 e. The highest BCUT2D eigenvalue weighted by atomic mass is 16.5. The molecular weight excluding hydrogens is 298 g/mol. The maximum atomic E-state index is 9.36. The van der Waals surface area contributed by atoms with Gasteiger partial charge in [0.05, 0.1) is 6.61 Å². The summed E-state index contributed by atoms with van der Waals surface area (Å²) < 4.78 is 5.56. The predicted octanol–water partition coefficient (Wildman–Crippen LogP) is 4.00. The van der Waals surface area contributed by atoms with Crippen molar-refractivity contribution < 1.29 is 9.84 Å². The first-order valence-electron chi connectivity index (χ1n) is 8.84. The van der Waals surface area contributed by atoms with Crippen LogP contribution < -0.4 is 5.32 Å². The van der Waals surface area contributed by atoms with Gasteiger partial charge in [-0.2, -0.15) is 0 Å². The Balaban J connectivity index is 1.74. The van der Waals surface area contributed by atoms with Gasteiger partial charge >= 0.3 is 0 Å². The fourth-order valence-electron chi connectivity index (χ4n) is 3.45. The summed E-state index contributed by atoms with van der Waals surface area (Å²) in [6.07, 6.45) is 2.24. The molecular formula is C21H27NO2. The number of hydrogen-bond donors (Lipinski definition) is 2. The molecule has 3 rings (SSSR count). The summed E-state index contributed by atoms with van der Waals surface area (Å²) in [5, 5.41) is 13.1. The second-order valence-electron chi connectivity index (χ2n) is 6.72. The first-order valence-corrected chi connectivity index (χ1v) is 8.84. The standard InChI is InChI=1S/C21H27NO2/c1-16(20-9-5-6-17(12-20)14-23)22-21(13-18-10-11-24-15-18)19-7-3-2-4-8-19/h2-9,12,16,18,21-23H,10-11,13-15H2,1H3. The van der Waals surface area contributed by atoms with Crippen LogP contribution >= 0.6 is 0 Å². The maximum Gasteiger partial charge on any atom is 0.0681 e. The van der Waals surface area contributed by atoms with E-state index in [1.807, 2.05) is 12.1 Å². The van der Waals surface area contributed by atoms with Gasteiger partial charge in [-0.15, -0.1) is 0 Å². The highest BCUT2D eigenvalue weighted by molar-refractivity contribution is 5.26. The van der Waals surface area contributed by atoms with E-state index in [4.69, 9.17) is 4.74 Å². The summed E-state index contributed by atoms with van der Waals surface area (Å²) in [5.41, 5.74) is 3.50. The lowest BCUT2D eigenvalue weighted by Crippen LogP contribution is -2.27. The third-order valence-corrected chi connectivity index (χ3v) is 4.88. The van der Waals surface area contributed by atoms with E-state index in [0.717, 1.165) is 31.6 Å². The lowest BCUT2D eigenvalue weighted by molar-refractivity contribution is 0.181. The summed E-state index contributed by atoms with van der Waals surface area (Å²) in [6, 6.07) is 19.4. The molecule has 0 amide bonds. The largest absolute Gasteiger partial charge is 0.392 e. The van der Waals surface area contributed by atoms with Crippen molar-refractivity contribution in [2.45, 2.75) is 38.5 Å². The molecule has 3 atom stereocenters.